The average molecular weight is 377 g/mol. The zero-order valence-corrected chi connectivity index (χ0v) is 14.7. The van der Waals surface area contributed by atoms with Gasteiger partial charge in [-0.25, -0.2) is 0 Å². The summed E-state index contributed by atoms with van der Waals surface area (Å²) in [5.74, 6) is 0.115. The molecule has 0 bridgehead atoms. The fourth-order valence-electron chi connectivity index (χ4n) is 1.97. The molecule has 1 heterocycles. The topological polar surface area (TPSA) is 68.0 Å². The Balaban J connectivity index is 2.46. The Morgan fingerprint density at radius 1 is 1.29 bits per heavy atom. The monoisotopic (exact) mass is 377 g/mol. The Bertz CT molecular complexity index is 747. The quantitative estimate of drug-likeness (QED) is 0.775. The number of thioether (sulfide) groups is 2. The minimum absolute atomic E-state index is 0.0480. The van der Waals surface area contributed by atoms with Crippen LogP contribution >= 0.6 is 23.5 Å². The van der Waals surface area contributed by atoms with E-state index in [4.69, 9.17) is 4.42 Å². The van der Waals surface area contributed by atoms with Crippen LogP contribution in [0.5, 0.6) is 0 Å². The predicted octanol–water partition coefficient (Wildman–Crippen LogP) is 4.48. The maximum Gasteiger partial charge on any atom is 0.417 e. The molecule has 5 nitrogen and oxygen atoms in total. The largest absolute Gasteiger partial charge is 0.417 e. The number of aromatic nitrogens is 2. The second-order valence-electron chi connectivity index (χ2n) is 4.53. The number of amides is 1. The van der Waals surface area contributed by atoms with Crippen LogP contribution in [0.1, 0.15) is 28.7 Å². The lowest BCUT2D eigenvalue weighted by molar-refractivity contribution is -0.140. The number of halogens is 3. The van der Waals surface area contributed by atoms with E-state index in [1.54, 1.807) is 20.1 Å². The van der Waals surface area contributed by atoms with Crippen LogP contribution in [0.2, 0.25) is 0 Å². The molecule has 0 radical (unpaired) electrons. The number of nitrogens with one attached hydrogen (secondary N) is 1. The molecule has 24 heavy (non-hydrogen) atoms. The Labute approximate surface area is 144 Å². The molecule has 0 aliphatic heterocycles. The molecule has 1 N–H and O–H groups in total. The van der Waals surface area contributed by atoms with E-state index in [-0.39, 0.29) is 27.3 Å². The van der Waals surface area contributed by atoms with Crippen molar-refractivity contribution in [3.05, 3.63) is 29.2 Å². The summed E-state index contributed by atoms with van der Waals surface area (Å²) in [7, 11) is 0. The van der Waals surface area contributed by atoms with Gasteiger partial charge in [0.2, 0.25) is 5.89 Å². The van der Waals surface area contributed by atoms with Crippen LogP contribution in [-0.4, -0.2) is 28.1 Å². The standard InChI is InChI=1S/C14H14F3N3O2S2/c1-4-24-11-9(14(15,16)17)6-5-8(10(11)23-3)12(21)18-13-20-19-7(2)22-13/h5-6H,4H2,1-3H3,(H,18,20,21). The van der Waals surface area contributed by atoms with Crippen molar-refractivity contribution in [2.75, 3.05) is 17.3 Å². The first-order valence-electron chi connectivity index (χ1n) is 6.80. The van der Waals surface area contributed by atoms with Gasteiger partial charge in [-0.05, 0) is 24.1 Å². The molecule has 1 amide bonds. The van der Waals surface area contributed by atoms with E-state index in [0.29, 0.717) is 5.75 Å². The number of anilines is 1. The van der Waals surface area contributed by atoms with Gasteiger partial charge in [-0.2, -0.15) is 13.2 Å². The first-order chi connectivity index (χ1) is 11.3. The van der Waals surface area contributed by atoms with Crippen molar-refractivity contribution >= 4 is 35.4 Å². The molecule has 2 aromatic rings. The van der Waals surface area contributed by atoms with Gasteiger partial charge in [0, 0.05) is 16.7 Å². The van der Waals surface area contributed by atoms with E-state index < -0.39 is 17.6 Å². The maximum atomic E-state index is 13.2. The summed E-state index contributed by atoms with van der Waals surface area (Å²) in [5, 5.41) is 9.62. The molecule has 0 atom stereocenters. The molecule has 0 aliphatic rings. The fraction of sp³-hybridized carbons (Fsp3) is 0.357. The minimum atomic E-state index is -4.49. The Hall–Kier alpha value is -1.68. The first kappa shape index (κ1) is 18.7. The lowest BCUT2D eigenvalue weighted by Gasteiger charge is -2.17. The van der Waals surface area contributed by atoms with Crippen molar-refractivity contribution in [3.63, 3.8) is 0 Å². The van der Waals surface area contributed by atoms with Gasteiger partial charge in [0.1, 0.15) is 0 Å². The van der Waals surface area contributed by atoms with Crippen LogP contribution < -0.4 is 5.32 Å². The number of benzene rings is 1. The third kappa shape index (κ3) is 4.04. The molecule has 2 rings (SSSR count). The van der Waals surface area contributed by atoms with E-state index in [1.807, 2.05) is 0 Å². The summed E-state index contributed by atoms with van der Waals surface area (Å²) >= 11 is 2.14. The highest BCUT2D eigenvalue weighted by Crippen LogP contribution is 2.43. The van der Waals surface area contributed by atoms with E-state index in [2.05, 4.69) is 15.5 Å². The van der Waals surface area contributed by atoms with Gasteiger partial charge in [-0.15, -0.1) is 28.6 Å². The van der Waals surface area contributed by atoms with E-state index in [1.165, 1.54) is 0 Å². The number of carbonyl (C=O) groups is 1. The number of carbonyl (C=O) groups excluding carboxylic acids is 1. The van der Waals surface area contributed by atoms with Gasteiger partial charge in [0.25, 0.3) is 5.91 Å². The van der Waals surface area contributed by atoms with Crippen molar-refractivity contribution in [1.29, 1.82) is 0 Å². The predicted molar refractivity (Wildman–Crippen MR) is 86.6 cm³/mol. The summed E-state index contributed by atoms with van der Waals surface area (Å²) in [6, 6.07) is 1.98. The number of hydrogen-bond donors (Lipinski definition) is 1. The van der Waals surface area contributed by atoms with Gasteiger partial charge in [0.05, 0.1) is 11.1 Å². The second kappa shape index (κ2) is 7.47. The maximum absolute atomic E-state index is 13.2. The van der Waals surface area contributed by atoms with Gasteiger partial charge in [0.15, 0.2) is 0 Å². The summed E-state index contributed by atoms with van der Waals surface area (Å²) in [4.78, 5) is 12.7. The molecule has 1 aromatic heterocycles. The third-order valence-corrected chi connectivity index (χ3v) is 4.86. The molecule has 0 unspecified atom stereocenters. The number of rotatable bonds is 5. The van der Waals surface area contributed by atoms with Crippen LogP contribution in [0.15, 0.2) is 26.3 Å². The number of nitrogens with zero attached hydrogens (tertiary/aromatic N) is 2. The summed E-state index contributed by atoms with van der Waals surface area (Å²) in [6.07, 6.45) is -2.86. The Morgan fingerprint density at radius 3 is 2.50 bits per heavy atom. The lowest BCUT2D eigenvalue weighted by atomic mass is 10.1. The molecule has 0 fully saturated rings. The molecular weight excluding hydrogens is 363 g/mol. The van der Waals surface area contributed by atoms with E-state index >= 15 is 0 Å². The van der Waals surface area contributed by atoms with E-state index in [0.717, 1.165) is 35.7 Å². The zero-order chi connectivity index (χ0) is 17.9. The molecule has 0 spiro atoms. The van der Waals surface area contributed by atoms with Gasteiger partial charge < -0.3 is 4.42 Å². The van der Waals surface area contributed by atoms with Gasteiger partial charge >= 0.3 is 12.2 Å². The van der Waals surface area contributed by atoms with Crippen molar-refractivity contribution in [2.45, 2.75) is 29.8 Å². The van der Waals surface area contributed by atoms with Crippen LogP contribution in [-0.2, 0) is 6.18 Å². The van der Waals surface area contributed by atoms with Gasteiger partial charge in [-0.3, -0.25) is 10.1 Å². The lowest BCUT2D eigenvalue weighted by Crippen LogP contribution is -2.16. The highest BCUT2D eigenvalue weighted by atomic mass is 32.2. The van der Waals surface area contributed by atoms with Crippen LogP contribution in [0.4, 0.5) is 19.2 Å². The molecule has 0 saturated carbocycles. The highest BCUT2D eigenvalue weighted by Gasteiger charge is 2.35. The molecule has 0 saturated heterocycles. The summed E-state index contributed by atoms with van der Waals surface area (Å²) in [6.45, 7) is 3.31. The highest BCUT2D eigenvalue weighted by molar-refractivity contribution is 8.02. The van der Waals surface area contributed by atoms with E-state index in [9.17, 15) is 18.0 Å². The summed E-state index contributed by atoms with van der Waals surface area (Å²) in [5.41, 5.74) is -0.619. The molecular formula is C14H14F3N3O2S2. The van der Waals surface area contributed by atoms with Gasteiger partial charge in [-0.1, -0.05) is 12.0 Å². The minimum Gasteiger partial charge on any atom is -0.408 e. The number of hydrogen-bond acceptors (Lipinski definition) is 6. The van der Waals surface area contributed by atoms with Crippen LogP contribution in [0.25, 0.3) is 0 Å². The first-order valence-corrected chi connectivity index (χ1v) is 9.01. The zero-order valence-electron chi connectivity index (χ0n) is 13.0. The summed E-state index contributed by atoms with van der Waals surface area (Å²) < 4.78 is 44.7. The van der Waals surface area contributed by atoms with Crippen LogP contribution in [0, 0.1) is 6.92 Å². The SMILES string of the molecule is CCSc1c(C(F)(F)F)ccc(C(=O)Nc2nnc(C)o2)c1SC. The number of alkyl halides is 3. The number of aryl methyl sites for hydroxylation is 1. The molecule has 130 valence electrons. The van der Waals surface area contributed by atoms with Crippen LogP contribution in [0.3, 0.4) is 0 Å². The third-order valence-electron chi connectivity index (χ3n) is 2.90. The second-order valence-corrected chi connectivity index (χ2v) is 6.62. The van der Waals surface area contributed by atoms with Crippen molar-refractivity contribution in [3.8, 4) is 0 Å². The average Bonchev–Trinajstić information content (AvgIpc) is 2.90. The molecule has 0 aliphatic carbocycles. The van der Waals surface area contributed by atoms with Crippen molar-refractivity contribution < 1.29 is 22.4 Å². The Morgan fingerprint density at radius 2 is 2.00 bits per heavy atom. The molecule has 10 heteroatoms. The Kier molecular flexibility index (Phi) is 5.81. The smallest absolute Gasteiger partial charge is 0.408 e. The van der Waals surface area contributed by atoms with Crippen molar-refractivity contribution in [1.82, 2.24) is 10.2 Å². The molecule has 1 aromatic carbocycles. The van der Waals surface area contributed by atoms with Crippen molar-refractivity contribution in [2.24, 2.45) is 0 Å². The normalized spacial score (nSPS) is 11.6. The fourth-order valence-corrected chi connectivity index (χ4v) is 3.94.